The molecule has 0 aliphatic carbocycles. The maximum absolute atomic E-state index is 12.4. The van der Waals surface area contributed by atoms with Gasteiger partial charge in [-0.2, -0.15) is 8.78 Å². The lowest BCUT2D eigenvalue weighted by Crippen LogP contribution is -2.08. The zero-order valence-electron chi connectivity index (χ0n) is 12.5. The largest absolute Gasteiger partial charge is 0.434 e. The SMILES string of the molecule is Cc1ccc(NC(C)c2cccc(CO)c2)cc1OC(F)F. The Bertz CT molecular complexity index is 632. The number of hydrogen-bond acceptors (Lipinski definition) is 3. The third-order valence-corrected chi connectivity index (χ3v) is 3.42. The van der Waals surface area contributed by atoms with Gasteiger partial charge in [0.15, 0.2) is 0 Å². The molecule has 2 aromatic rings. The van der Waals surface area contributed by atoms with Crippen LogP contribution in [0, 0.1) is 6.92 Å². The molecule has 0 aliphatic rings. The van der Waals surface area contributed by atoms with Crippen LogP contribution in [-0.2, 0) is 6.61 Å². The number of aryl methyl sites for hydroxylation is 1. The minimum absolute atomic E-state index is 0.0164. The van der Waals surface area contributed by atoms with Gasteiger partial charge >= 0.3 is 6.61 Å². The molecule has 0 radical (unpaired) electrons. The molecule has 22 heavy (non-hydrogen) atoms. The van der Waals surface area contributed by atoms with Crippen LogP contribution in [0.1, 0.15) is 29.7 Å². The highest BCUT2D eigenvalue weighted by Gasteiger charge is 2.10. The molecule has 3 nitrogen and oxygen atoms in total. The second-order valence-electron chi connectivity index (χ2n) is 5.13. The molecule has 2 N–H and O–H groups in total. The molecule has 0 aliphatic heterocycles. The summed E-state index contributed by atoms with van der Waals surface area (Å²) >= 11 is 0. The number of alkyl halides is 2. The van der Waals surface area contributed by atoms with Gasteiger partial charge in [0.25, 0.3) is 0 Å². The van der Waals surface area contributed by atoms with E-state index in [1.807, 2.05) is 37.3 Å². The van der Waals surface area contributed by atoms with Crippen molar-refractivity contribution in [1.82, 2.24) is 0 Å². The highest BCUT2D eigenvalue weighted by molar-refractivity contribution is 5.52. The van der Waals surface area contributed by atoms with E-state index in [1.54, 1.807) is 19.1 Å². The Morgan fingerprint density at radius 1 is 1.18 bits per heavy atom. The second kappa shape index (κ2) is 7.22. The van der Waals surface area contributed by atoms with E-state index in [2.05, 4.69) is 10.1 Å². The maximum Gasteiger partial charge on any atom is 0.387 e. The van der Waals surface area contributed by atoms with Crippen molar-refractivity contribution in [2.24, 2.45) is 0 Å². The quantitative estimate of drug-likeness (QED) is 0.838. The summed E-state index contributed by atoms with van der Waals surface area (Å²) in [5.74, 6) is 0.163. The van der Waals surface area contributed by atoms with Crippen LogP contribution in [0.2, 0.25) is 0 Å². The van der Waals surface area contributed by atoms with Crippen molar-refractivity contribution in [2.75, 3.05) is 5.32 Å². The summed E-state index contributed by atoms with van der Waals surface area (Å²) in [6.07, 6.45) is 0. The lowest BCUT2D eigenvalue weighted by molar-refractivity contribution is -0.0502. The molecule has 0 amide bonds. The fourth-order valence-corrected chi connectivity index (χ4v) is 2.21. The van der Waals surface area contributed by atoms with E-state index in [1.165, 1.54) is 0 Å². The molecule has 0 heterocycles. The standard InChI is InChI=1S/C17H19F2NO2/c1-11-6-7-15(9-16(11)22-17(18)19)20-12(2)14-5-3-4-13(8-14)10-21/h3-9,12,17,20-21H,10H2,1-2H3. The van der Waals surface area contributed by atoms with Crippen LogP contribution in [0.4, 0.5) is 14.5 Å². The van der Waals surface area contributed by atoms with E-state index in [0.29, 0.717) is 11.3 Å². The molecule has 1 unspecified atom stereocenters. The van der Waals surface area contributed by atoms with Crippen molar-refractivity contribution in [2.45, 2.75) is 33.1 Å². The van der Waals surface area contributed by atoms with Gasteiger partial charge in [0, 0.05) is 17.8 Å². The summed E-state index contributed by atoms with van der Waals surface area (Å²) in [5.41, 5.74) is 3.18. The van der Waals surface area contributed by atoms with Crippen molar-refractivity contribution in [3.63, 3.8) is 0 Å². The van der Waals surface area contributed by atoms with Crippen LogP contribution in [0.3, 0.4) is 0 Å². The zero-order chi connectivity index (χ0) is 16.1. The molecule has 2 rings (SSSR count). The summed E-state index contributed by atoms with van der Waals surface area (Å²) in [6.45, 7) is 0.824. The first-order chi connectivity index (χ1) is 10.5. The minimum Gasteiger partial charge on any atom is -0.434 e. The summed E-state index contributed by atoms with van der Waals surface area (Å²) < 4.78 is 29.3. The molecule has 5 heteroatoms. The number of anilines is 1. The Morgan fingerprint density at radius 3 is 2.64 bits per heavy atom. The lowest BCUT2D eigenvalue weighted by atomic mass is 10.0. The zero-order valence-corrected chi connectivity index (χ0v) is 12.5. The number of aliphatic hydroxyl groups excluding tert-OH is 1. The predicted molar refractivity (Wildman–Crippen MR) is 82.2 cm³/mol. The van der Waals surface area contributed by atoms with Crippen LogP contribution in [0.15, 0.2) is 42.5 Å². The van der Waals surface area contributed by atoms with Gasteiger partial charge in [-0.25, -0.2) is 0 Å². The van der Waals surface area contributed by atoms with Crippen LogP contribution >= 0.6 is 0 Å². The average Bonchev–Trinajstić information content (AvgIpc) is 2.50. The Morgan fingerprint density at radius 2 is 1.95 bits per heavy atom. The van der Waals surface area contributed by atoms with E-state index in [0.717, 1.165) is 11.1 Å². The molecular formula is C17H19F2NO2. The molecular weight excluding hydrogens is 288 g/mol. The van der Waals surface area contributed by atoms with Crippen LogP contribution in [0.25, 0.3) is 0 Å². The molecule has 0 fully saturated rings. The topological polar surface area (TPSA) is 41.5 Å². The number of hydrogen-bond donors (Lipinski definition) is 2. The first-order valence-electron chi connectivity index (χ1n) is 7.01. The van der Waals surface area contributed by atoms with Crippen molar-refractivity contribution in [3.05, 3.63) is 59.2 Å². The monoisotopic (exact) mass is 307 g/mol. The van der Waals surface area contributed by atoms with Gasteiger partial charge in [-0.05, 0) is 36.6 Å². The number of rotatable bonds is 6. The molecule has 0 bridgehead atoms. The molecule has 2 aromatic carbocycles. The van der Waals surface area contributed by atoms with Gasteiger partial charge in [0.1, 0.15) is 5.75 Å². The first kappa shape index (κ1) is 16.2. The molecule has 0 saturated carbocycles. The maximum atomic E-state index is 12.4. The molecule has 118 valence electrons. The van der Waals surface area contributed by atoms with Gasteiger partial charge < -0.3 is 15.2 Å². The summed E-state index contributed by atoms with van der Waals surface area (Å²) in [5, 5.41) is 12.4. The summed E-state index contributed by atoms with van der Waals surface area (Å²) in [6, 6.07) is 12.7. The smallest absolute Gasteiger partial charge is 0.387 e. The number of benzene rings is 2. The van der Waals surface area contributed by atoms with Gasteiger partial charge in [0.2, 0.25) is 0 Å². The van der Waals surface area contributed by atoms with Crippen LogP contribution in [0.5, 0.6) is 5.75 Å². The molecule has 0 aromatic heterocycles. The van der Waals surface area contributed by atoms with E-state index >= 15 is 0 Å². The fraction of sp³-hybridized carbons (Fsp3) is 0.294. The van der Waals surface area contributed by atoms with Gasteiger partial charge in [0.05, 0.1) is 6.61 Å². The lowest BCUT2D eigenvalue weighted by Gasteiger charge is -2.18. The van der Waals surface area contributed by atoms with Crippen molar-refractivity contribution < 1.29 is 18.6 Å². The summed E-state index contributed by atoms with van der Waals surface area (Å²) in [7, 11) is 0. The van der Waals surface area contributed by atoms with Gasteiger partial charge in [-0.3, -0.25) is 0 Å². The van der Waals surface area contributed by atoms with E-state index < -0.39 is 6.61 Å². The predicted octanol–water partition coefficient (Wildman–Crippen LogP) is 4.26. The highest BCUT2D eigenvalue weighted by atomic mass is 19.3. The van der Waals surface area contributed by atoms with E-state index in [4.69, 9.17) is 0 Å². The molecule has 0 spiro atoms. The Hall–Kier alpha value is -2.14. The molecule has 1 atom stereocenters. The first-order valence-corrected chi connectivity index (χ1v) is 7.01. The number of halogens is 2. The van der Waals surface area contributed by atoms with Gasteiger partial charge in [-0.1, -0.05) is 30.3 Å². The highest BCUT2D eigenvalue weighted by Crippen LogP contribution is 2.27. The summed E-state index contributed by atoms with van der Waals surface area (Å²) in [4.78, 5) is 0. The van der Waals surface area contributed by atoms with E-state index in [-0.39, 0.29) is 18.4 Å². The van der Waals surface area contributed by atoms with E-state index in [9.17, 15) is 13.9 Å². The van der Waals surface area contributed by atoms with Crippen molar-refractivity contribution in [1.29, 1.82) is 0 Å². The second-order valence-corrected chi connectivity index (χ2v) is 5.13. The van der Waals surface area contributed by atoms with Gasteiger partial charge in [-0.15, -0.1) is 0 Å². The number of nitrogens with one attached hydrogen (secondary N) is 1. The Kier molecular flexibility index (Phi) is 5.33. The van der Waals surface area contributed by atoms with Crippen molar-refractivity contribution >= 4 is 5.69 Å². The van der Waals surface area contributed by atoms with Crippen LogP contribution in [-0.4, -0.2) is 11.7 Å². The normalized spacial score (nSPS) is 12.3. The Balaban J connectivity index is 2.15. The average molecular weight is 307 g/mol. The minimum atomic E-state index is -2.84. The third-order valence-electron chi connectivity index (χ3n) is 3.42. The number of ether oxygens (including phenoxy) is 1. The molecule has 0 saturated heterocycles. The Labute approximate surface area is 128 Å². The number of aliphatic hydroxyl groups is 1. The van der Waals surface area contributed by atoms with Crippen molar-refractivity contribution in [3.8, 4) is 5.75 Å². The van der Waals surface area contributed by atoms with Crippen LogP contribution < -0.4 is 10.1 Å². The fourth-order valence-electron chi connectivity index (χ4n) is 2.21. The third kappa shape index (κ3) is 4.18.